The van der Waals surface area contributed by atoms with Crippen LogP contribution in [0, 0.1) is 0 Å². The number of hydrogen-bond donors (Lipinski definition) is 1. The third-order valence-corrected chi connectivity index (χ3v) is 5.28. The number of nitrogens with zero attached hydrogens (tertiary/aromatic N) is 2. The molecular formula is C24H20ClN3O4. The van der Waals surface area contributed by atoms with Crippen molar-refractivity contribution < 1.29 is 9.53 Å². The number of rotatable bonds is 6. The molecule has 0 bridgehead atoms. The summed E-state index contributed by atoms with van der Waals surface area (Å²) in [6, 6.07) is 20.7. The van der Waals surface area contributed by atoms with Gasteiger partial charge in [0, 0.05) is 5.02 Å². The van der Waals surface area contributed by atoms with Crippen molar-refractivity contribution in [1.29, 1.82) is 0 Å². The number of aromatic nitrogens is 2. The highest BCUT2D eigenvalue weighted by atomic mass is 35.5. The van der Waals surface area contributed by atoms with E-state index in [1.165, 1.54) is 11.7 Å². The highest BCUT2D eigenvalue weighted by Gasteiger charge is 2.16. The molecule has 0 atom stereocenters. The monoisotopic (exact) mass is 449 g/mol. The number of ether oxygens (including phenoxy) is 1. The number of para-hydroxylation sites is 3. The third kappa shape index (κ3) is 4.29. The van der Waals surface area contributed by atoms with Gasteiger partial charge in [-0.3, -0.25) is 18.7 Å². The van der Waals surface area contributed by atoms with Crippen molar-refractivity contribution in [2.24, 2.45) is 0 Å². The third-order valence-electron chi connectivity index (χ3n) is 5.04. The largest absolute Gasteiger partial charge is 0.495 e. The lowest BCUT2D eigenvalue weighted by molar-refractivity contribution is -0.116. The molecule has 0 aliphatic rings. The van der Waals surface area contributed by atoms with E-state index in [4.69, 9.17) is 16.3 Å². The maximum absolute atomic E-state index is 13.3. The topological polar surface area (TPSA) is 82.3 Å². The van der Waals surface area contributed by atoms with Crippen LogP contribution in [0.1, 0.15) is 5.56 Å². The molecular weight excluding hydrogens is 430 g/mol. The number of hydrogen-bond acceptors (Lipinski definition) is 4. The predicted molar refractivity (Wildman–Crippen MR) is 125 cm³/mol. The van der Waals surface area contributed by atoms with Crippen molar-refractivity contribution in [2.75, 3.05) is 12.4 Å². The van der Waals surface area contributed by atoms with Gasteiger partial charge in [0.1, 0.15) is 12.3 Å². The van der Waals surface area contributed by atoms with Crippen LogP contribution in [0.5, 0.6) is 5.75 Å². The van der Waals surface area contributed by atoms with E-state index in [9.17, 15) is 14.4 Å². The van der Waals surface area contributed by atoms with Crippen LogP contribution in [-0.2, 0) is 17.9 Å². The van der Waals surface area contributed by atoms with Gasteiger partial charge in [-0.05, 0) is 42.0 Å². The van der Waals surface area contributed by atoms with Crippen molar-refractivity contribution in [3.8, 4) is 5.75 Å². The number of fused-ring (bicyclic) bond motifs is 1. The van der Waals surface area contributed by atoms with Crippen LogP contribution in [0.25, 0.3) is 10.9 Å². The first-order valence-electron chi connectivity index (χ1n) is 9.87. The molecule has 4 aromatic rings. The van der Waals surface area contributed by atoms with E-state index in [-0.39, 0.29) is 13.1 Å². The summed E-state index contributed by atoms with van der Waals surface area (Å²) in [5.74, 6) is 0.0821. The van der Waals surface area contributed by atoms with Gasteiger partial charge in [-0.25, -0.2) is 4.79 Å². The highest BCUT2D eigenvalue weighted by molar-refractivity contribution is 6.30. The highest BCUT2D eigenvalue weighted by Crippen LogP contribution is 2.23. The maximum atomic E-state index is 13.3. The fourth-order valence-electron chi connectivity index (χ4n) is 3.56. The fraction of sp³-hybridized carbons (Fsp3) is 0.125. The van der Waals surface area contributed by atoms with E-state index in [1.807, 2.05) is 0 Å². The number of carbonyl (C=O) groups is 1. The SMILES string of the molecule is COc1ccccc1NC(=O)Cn1c(=O)n(Cc2cccc(Cl)c2)c(=O)c2ccccc21. The molecule has 1 N–H and O–H groups in total. The molecule has 1 heterocycles. The minimum Gasteiger partial charge on any atom is -0.495 e. The van der Waals surface area contributed by atoms with E-state index in [2.05, 4.69) is 5.32 Å². The molecule has 7 nitrogen and oxygen atoms in total. The predicted octanol–water partition coefficient (Wildman–Crippen LogP) is 3.51. The average Bonchev–Trinajstić information content (AvgIpc) is 2.80. The maximum Gasteiger partial charge on any atom is 0.332 e. The van der Waals surface area contributed by atoms with Crippen molar-refractivity contribution in [2.45, 2.75) is 13.1 Å². The summed E-state index contributed by atoms with van der Waals surface area (Å²) in [5, 5.41) is 3.62. The first-order chi connectivity index (χ1) is 15.5. The standard InChI is InChI=1S/C24H20ClN3O4/c1-32-21-12-5-3-10-19(21)26-22(29)15-27-20-11-4-2-9-18(20)23(30)28(24(27)31)14-16-7-6-8-17(25)13-16/h2-13H,14-15H2,1H3,(H,26,29). The summed E-state index contributed by atoms with van der Waals surface area (Å²) in [7, 11) is 1.51. The molecule has 4 rings (SSSR count). The van der Waals surface area contributed by atoms with Gasteiger partial charge in [-0.15, -0.1) is 0 Å². The second-order valence-electron chi connectivity index (χ2n) is 7.16. The van der Waals surface area contributed by atoms with Crippen LogP contribution in [0.4, 0.5) is 5.69 Å². The van der Waals surface area contributed by atoms with Crippen molar-refractivity contribution in [1.82, 2.24) is 9.13 Å². The van der Waals surface area contributed by atoms with Crippen LogP contribution >= 0.6 is 11.6 Å². The Morgan fingerprint density at radius 3 is 2.50 bits per heavy atom. The van der Waals surface area contributed by atoms with Gasteiger partial charge < -0.3 is 10.1 Å². The van der Waals surface area contributed by atoms with Crippen LogP contribution in [0.2, 0.25) is 5.02 Å². The molecule has 0 aliphatic heterocycles. The summed E-state index contributed by atoms with van der Waals surface area (Å²) < 4.78 is 7.67. The molecule has 1 amide bonds. The number of amides is 1. The second-order valence-corrected chi connectivity index (χ2v) is 7.59. The van der Waals surface area contributed by atoms with E-state index < -0.39 is 17.2 Å². The number of nitrogens with one attached hydrogen (secondary N) is 1. The van der Waals surface area contributed by atoms with Crippen molar-refractivity contribution in [3.05, 3.63) is 104 Å². The summed E-state index contributed by atoms with van der Waals surface area (Å²) in [6.07, 6.45) is 0. The van der Waals surface area contributed by atoms with Crippen molar-refractivity contribution in [3.63, 3.8) is 0 Å². The molecule has 0 radical (unpaired) electrons. The van der Waals surface area contributed by atoms with E-state index in [0.717, 1.165) is 4.57 Å². The van der Waals surface area contributed by atoms with Gasteiger partial charge in [0.05, 0.1) is 30.2 Å². The smallest absolute Gasteiger partial charge is 0.332 e. The van der Waals surface area contributed by atoms with Gasteiger partial charge in [0.15, 0.2) is 0 Å². The second kappa shape index (κ2) is 9.11. The minimum absolute atomic E-state index is 0.0389. The quantitative estimate of drug-likeness (QED) is 0.488. The Balaban J connectivity index is 1.76. The molecule has 0 unspecified atom stereocenters. The lowest BCUT2D eigenvalue weighted by Gasteiger charge is -2.15. The lowest BCUT2D eigenvalue weighted by Crippen LogP contribution is -2.42. The molecule has 32 heavy (non-hydrogen) atoms. The van der Waals surface area contributed by atoms with E-state index in [1.54, 1.807) is 72.8 Å². The Morgan fingerprint density at radius 1 is 0.969 bits per heavy atom. The van der Waals surface area contributed by atoms with Crippen LogP contribution < -0.4 is 21.3 Å². The average molecular weight is 450 g/mol. The molecule has 8 heteroatoms. The lowest BCUT2D eigenvalue weighted by atomic mass is 10.2. The number of anilines is 1. The van der Waals surface area contributed by atoms with Gasteiger partial charge in [-0.2, -0.15) is 0 Å². The molecule has 0 aliphatic carbocycles. The molecule has 3 aromatic carbocycles. The first-order valence-corrected chi connectivity index (χ1v) is 10.3. The van der Waals surface area contributed by atoms with E-state index in [0.29, 0.717) is 32.9 Å². The molecule has 0 spiro atoms. The fourth-order valence-corrected chi connectivity index (χ4v) is 3.78. The zero-order chi connectivity index (χ0) is 22.7. The Morgan fingerprint density at radius 2 is 1.72 bits per heavy atom. The van der Waals surface area contributed by atoms with Crippen LogP contribution in [0.3, 0.4) is 0 Å². The van der Waals surface area contributed by atoms with Gasteiger partial charge >= 0.3 is 5.69 Å². The molecule has 0 saturated heterocycles. The van der Waals surface area contributed by atoms with Gasteiger partial charge in [0.2, 0.25) is 5.91 Å². The first kappa shape index (κ1) is 21.4. The summed E-state index contributed by atoms with van der Waals surface area (Å²) in [4.78, 5) is 39.2. The zero-order valence-corrected chi connectivity index (χ0v) is 18.0. The number of carbonyl (C=O) groups excluding carboxylic acids is 1. The van der Waals surface area contributed by atoms with Crippen molar-refractivity contribution >= 4 is 34.1 Å². The molecule has 1 aromatic heterocycles. The summed E-state index contributed by atoms with van der Waals surface area (Å²) in [5.41, 5.74) is 0.581. The molecule has 0 saturated carbocycles. The van der Waals surface area contributed by atoms with Gasteiger partial charge in [0.25, 0.3) is 5.56 Å². The van der Waals surface area contributed by atoms with Crippen LogP contribution in [0.15, 0.2) is 82.4 Å². The van der Waals surface area contributed by atoms with E-state index >= 15 is 0 Å². The number of benzene rings is 3. The number of halogens is 1. The van der Waals surface area contributed by atoms with Crippen LogP contribution in [-0.4, -0.2) is 22.2 Å². The molecule has 0 fully saturated rings. The Hall–Kier alpha value is -3.84. The Kier molecular flexibility index (Phi) is 6.09. The minimum atomic E-state index is -0.580. The Bertz CT molecular complexity index is 1420. The normalized spacial score (nSPS) is 10.8. The molecule has 162 valence electrons. The number of methoxy groups -OCH3 is 1. The van der Waals surface area contributed by atoms with Gasteiger partial charge in [-0.1, -0.05) is 48.0 Å². The Labute approximate surface area is 188 Å². The summed E-state index contributed by atoms with van der Waals surface area (Å²) in [6.45, 7) is -0.232. The zero-order valence-electron chi connectivity index (χ0n) is 17.2. The summed E-state index contributed by atoms with van der Waals surface area (Å²) >= 11 is 6.05.